The van der Waals surface area contributed by atoms with Gasteiger partial charge in [0.15, 0.2) is 4.77 Å². The predicted octanol–water partition coefficient (Wildman–Crippen LogP) is 3.08. The third-order valence-electron chi connectivity index (χ3n) is 1.76. The van der Waals surface area contributed by atoms with Gasteiger partial charge in [0.1, 0.15) is 0 Å². The summed E-state index contributed by atoms with van der Waals surface area (Å²) in [4.78, 5) is 18.4. The molecule has 0 aliphatic rings. The van der Waals surface area contributed by atoms with E-state index in [1.807, 2.05) is 0 Å². The number of hydrogen-bond donors (Lipinski definition) is 2. The molecule has 0 aliphatic carbocycles. The van der Waals surface area contributed by atoms with Gasteiger partial charge in [0.2, 0.25) is 0 Å². The lowest BCUT2D eigenvalue weighted by Gasteiger charge is -1.96. The first kappa shape index (κ1) is 15.4. The fourth-order valence-electron chi connectivity index (χ4n) is 0.952. The van der Waals surface area contributed by atoms with Gasteiger partial charge in [-0.15, -0.1) is 0 Å². The Bertz CT molecular complexity index is 456. The summed E-state index contributed by atoms with van der Waals surface area (Å²) in [5, 5.41) is 3.39. The highest BCUT2D eigenvalue weighted by atomic mass is 32.1. The van der Waals surface area contributed by atoms with Crippen LogP contribution in [0.15, 0.2) is 16.0 Å². The predicted molar refractivity (Wildman–Crippen MR) is 70.5 cm³/mol. The van der Waals surface area contributed by atoms with Gasteiger partial charge in [-0.3, -0.25) is 9.78 Å². The molecule has 1 heterocycles. The minimum absolute atomic E-state index is 0.156. The zero-order chi connectivity index (χ0) is 13.3. The highest BCUT2D eigenvalue weighted by Gasteiger charge is 1.88. The van der Waals surface area contributed by atoms with Crippen molar-refractivity contribution in [3.8, 4) is 0 Å². The van der Waals surface area contributed by atoms with Crippen LogP contribution < -0.4 is 5.56 Å². The van der Waals surface area contributed by atoms with E-state index < -0.39 is 0 Å². The minimum atomic E-state index is -0.156. The molecule has 0 saturated carbocycles. The van der Waals surface area contributed by atoms with E-state index in [1.165, 1.54) is 6.07 Å². The monoisotopic (exact) mass is 255 g/mol. The zero-order valence-electron chi connectivity index (χ0n) is 10.2. The van der Waals surface area contributed by atoms with Crippen molar-refractivity contribution in [3.05, 3.63) is 37.3 Å². The van der Waals surface area contributed by atoms with Gasteiger partial charge in [-0.05, 0) is 37.0 Å². The van der Waals surface area contributed by atoms with Gasteiger partial charge in [-0.25, -0.2) is 0 Å². The maximum absolute atomic E-state index is 10.6. The van der Waals surface area contributed by atoms with Gasteiger partial charge in [0.05, 0.1) is 0 Å². The van der Waals surface area contributed by atoms with E-state index in [-0.39, 0.29) is 5.56 Å². The molecule has 0 bridgehead atoms. The Morgan fingerprint density at radius 2 is 2.18 bits per heavy atom. The van der Waals surface area contributed by atoms with Crippen molar-refractivity contribution in [2.75, 3.05) is 6.54 Å². The Morgan fingerprint density at radius 1 is 1.53 bits per heavy atom. The van der Waals surface area contributed by atoms with E-state index in [2.05, 4.69) is 46.1 Å². The van der Waals surface area contributed by atoms with Gasteiger partial charge < -0.3 is 4.98 Å². The third-order valence-corrected chi connectivity index (χ3v) is 1.97. The highest BCUT2D eigenvalue weighted by Crippen LogP contribution is 1.97. The van der Waals surface area contributed by atoms with Crippen LogP contribution >= 0.6 is 12.2 Å². The van der Waals surface area contributed by atoms with Crippen LogP contribution in [0.3, 0.4) is 0 Å². The Balaban J connectivity index is 0.000000304. The molecule has 0 spiro atoms. The summed E-state index contributed by atoms with van der Waals surface area (Å²) in [5.41, 5.74) is 8.46. The molecule has 17 heavy (non-hydrogen) atoms. The van der Waals surface area contributed by atoms with Gasteiger partial charge >= 0.3 is 0 Å². The van der Waals surface area contributed by atoms with Crippen LogP contribution in [0.1, 0.15) is 26.0 Å². The van der Waals surface area contributed by atoms with E-state index in [1.54, 1.807) is 6.92 Å². The third kappa shape index (κ3) is 9.35. The molecule has 0 aliphatic heterocycles. The number of rotatable bonds is 3. The quantitative estimate of drug-likeness (QED) is 0.375. The second kappa shape index (κ2) is 8.55. The molecule has 0 radical (unpaired) electrons. The first-order chi connectivity index (χ1) is 7.95. The van der Waals surface area contributed by atoms with Crippen molar-refractivity contribution in [1.82, 2.24) is 9.97 Å². The maximum Gasteiger partial charge on any atom is 0.251 e. The summed E-state index contributed by atoms with van der Waals surface area (Å²) < 4.78 is 0.375. The SMILES string of the molecule is CC(C)CCN=[N+]=[N-].Cc1cc(=O)[nH]c(=S)[nH]1. The number of aryl methyl sites for hydroxylation is 1. The molecular formula is C10H17N5OS. The van der Waals surface area contributed by atoms with Gasteiger partial charge in [0, 0.05) is 23.2 Å². The normalized spacial score (nSPS) is 9.18. The standard InChI is InChI=1S/C5H11N3.C5H6N2OS/c1-5(2)3-4-7-8-6;1-3-2-4(8)7-5(9)6-3/h5H,3-4H2,1-2H3;2H,1H3,(H2,6,7,8,9). The van der Waals surface area contributed by atoms with Crippen molar-refractivity contribution in [3.63, 3.8) is 0 Å². The van der Waals surface area contributed by atoms with Crippen molar-refractivity contribution in [2.45, 2.75) is 27.2 Å². The topological polar surface area (TPSA) is 97.4 Å². The molecule has 1 rings (SSSR count). The summed E-state index contributed by atoms with van der Waals surface area (Å²) in [6.45, 7) is 6.62. The lowest BCUT2D eigenvalue weighted by molar-refractivity contribution is 0.595. The summed E-state index contributed by atoms with van der Waals surface area (Å²) in [6.07, 6.45) is 0.990. The Morgan fingerprint density at radius 3 is 2.59 bits per heavy atom. The van der Waals surface area contributed by atoms with Crippen LogP contribution in [0, 0.1) is 17.6 Å². The summed E-state index contributed by atoms with van der Waals surface area (Å²) in [5.74, 6) is 0.639. The Labute approximate surface area is 105 Å². The molecule has 6 nitrogen and oxygen atoms in total. The molecule has 0 atom stereocenters. The molecule has 94 valence electrons. The molecule has 1 aromatic heterocycles. The number of nitrogens with one attached hydrogen (secondary N) is 2. The first-order valence-corrected chi connectivity index (χ1v) is 5.67. The lowest BCUT2D eigenvalue weighted by Crippen LogP contribution is -2.05. The summed E-state index contributed by atoms with van der Waals surface area (Å²) in [7, 11) is 0. The highest BCUT2D eigenvalue weighted by molar-refractivity contribution is 7.71. The zero-order valence-corrected chi connectivity index (χ0v) is 11.0. The average molecular weight is 255 g/mol. The van der Waals surface area contributed by atoms with Crippen molar-refractivity contribution >= 4 is 12.2 Å². The van der Waals surface area contributed by atoms with Gasteiger partial charge in [-0.2, -0.15) is 0 Å². The molecule has 1 aromatic rings. The molecule has 2 N–H and O–H groups in total. The number of aromatic nitrogens is 2. The van der Waals surface area contributed by atoms with Crippen molar-refractivity contribution in [1.29, 1.82) is 0 Å². The van der Waals surface area contributed by atoms with E-state index >= 15 is 0 Å². The molecule has 0 unspecified atom stereocenters. The molecular weight excluding hydrogens is 238 g/mol. The van der Waals surface area contributed by atoms with E-state index in [4.69, 9.17) is 5.53 Å². The number of azide groups is 1. The van der Waals surface area contributed by atoms with Crippen molar-refractivity contribution < 1.29 is 0 Å². The average Bonchev–Trinajstić information content (AvgIpc) is 2.16. The van der Waals surface area contributed by atoms with Crippen LogP contribution in [0.2, 0.25) is 0 Å². The molecule has 7 heteroatoms. The fourth-order valence-corrected chi connectivity index (χ4v) is 1.21. The number of nitrogens with zero attached hydrogens (tertiary/aromatic N) is 3. The molecule has 0 fully saturated rings. The number of H-pyrrole nitrogens is 2. The first-order valence-electron chi connectivity index (χ1n) is 5.26. The largest absolute Gasteiger partial charge is 0.336 e. The Hall–Kier alpha value is -1.59. The Kier molecular flexibility index (Phi) is 7.75. The van der Waals surface area contributed by atoms with E-state index in [9.17, 15) is 4.79 Å². The maximum atomic E-state index is 10.6. The minimum Gasteiger partial charge on any atom is -0.336 e. The second-order valence-electron chi connectivity index (χ2n) is 3.91. The molecule has 0 saturated heterocycles. The lowest BCUT2D eigenvalue weighted by atomic mass is 10.1. The van der Waals surface area contributed by atoms with Gasteiger partial charge in [-0.1, -0.05) is 19.0 Å². The van der Waals surface area contributed by atoms with Crippen LogP contribution in [0.4, 0.5) is 0 Å². The number of aromatic amines is 2. The fraction of sp³-hybridized carbons (Fsp3) is 0.600. The number of hydrogen-bond acceptors (Lipinski definition) is 3. The summed E-state index contributed by atoms with van der Waals surface area (Å²) >= 11 is 4.68. The van der Waals surface area contributed by atoms with Crippen molar-refractivity contribution in [2.24, 2.45) is 11.0 Å². The van der Waals surface area contributed by atoms with Gasteiger partial charge in [0.25, 0.3) is 5.56 Å². The smallest absolute Gasteiger partial charge is 0.251 e. The van der Waals surface area contributed by atoms with Crippen LogP contribution in [-0.2, 0) is 0 Å². The van der Waals surface area contributed by atoms with E-state index in [0.717, 1.165) is 12.1 Å². The van der Waals surface area contributed by atoms with E-state index in [0.29, 0.717) is 17.2 Å². The van der Waals surface area contributed by atoms with Crippen LogP contribution in [0.25, 0.3) is 10.4 Å². The second-order valence-corrected chi connectivity index (χ2v) is 4.32. The van der Waals surface area contributed by atoms with Crippen LogP contribution in [-0.4, -0.2) is 16.5 Å². The molecule has 0 aromatic carbocycles. The summed E-state index contributed by atoms with van der Waals surface area (Å²) in [6, 6.07) is 1.45. The van der Waals surface area contributed by atoms with Crippen LogP contribution in [0.5, 0.6) is 0 Å². The molecule has 0 amide bonds.